The summed E-state index contributed by atoms with van der Waals surface area (Å²) >= 11 is 2.41. The van der Waals surface area contributed by atoms with Crippen molar-refractivity contribution in [3.05, 3.63) is 0 Å². The van der Waals surface area contributed by atoms with Crippen molar-refractivity contribution in [3.63, 3.8) is 0 Å². The molecule has 0 N–H and O–H groups in total. The molecule has 0 aliphatic carbocycles. The van der Waals surface area contributed by atoms with Crippen LogP contribution in [0.15, 0.2) is 0 Å². The number of ether oxygens (including phenoxy) is 2. The van der Waals surface area contributed by atoms with Gasteiger partial charge in [-0.25, -0.2) is 0 Å². The van der Waals surface area contributed by atoms with Crippen LogP contribution in [-0.4, -0.2) is 29.2 Å². The molecule has 0 radical (unpaired) electrons. The van der Waals surface area contributed by atoms with Crippen LogP contribution in [0.2, 0.25) is 0 Å². The number of carbonyl (C=O) groups excluding carboxylic acids is 1. The van der Waals surface area contributed by atoms with Gasteiger partial charge in [0, 0.05) is 10.5 Å². The second-order valence-corrected chi connectivity index (χ2v) is 4.89. The molecule has 1 heterocycles. The fourth-order valence-corrected chi connectivity index (χ4v) is 2.20. The number of esters is 1. The second kappa shape index (κ2) is 5.80. The van der Waals surface area contributed by atoms with Crippen LogP contribution in [0.1, 0.15) is 26.2 Å². The molecule has 0 spiro atoms. The topological polar surface area (TPSA) is 35.5 Å². The number of carbonyl (C=O) groups is 1. The fourth-order valence-electron chi connectivity index (χ4n) is 1.38. The normalized spacial score (nSPS) is 28.5. The SMILES string of the molecule is CCOC(=O)C[C@H]1CC(I)CCO1. The minimum atomic E-state index is -0.141. The van der Waals surface area contributed by atoms with E-state index in [9.17, 15) is 4.79 Å². The summed E-state index contributed by atoms with van der Waals surface area (Å²) in [5.74, 6) is -0.141. The van der Waals surface area contributed by atoms with Crippen molar-refractivity contribution >= 4 is 28.6 Å². The van der Waals surface area contributed by atoms with Crippen molar-refractivity contribution in [2.45, 2.75) is 36.2 Å². The van der Waals surface area contributed by atoms with E-state index in [0.717, 1.165) is 19.4 Å². The molecular weight excluding hydrogens is 283 g/mol. The average Bonchev–Trinajstić information content (AvgIpc) is 2.04. The van der Waals surface area contributed by atoms with E-state index in [0.29, 0.717) is 17.0 Å². The molecule has 2 atom stereocenters. The first-order valence-electron chi connectivity index (χ1n) is 4.63. The summed E-state index contributed by atoms with van der Waals surface area (Å²) < 4.78 is 11.0. The molecule has 0 aromatic rings. The zero-order chi connectivity index (χ0) is 9.68. The van der Waals surface area contributed by atoms with Gasteiger partial charge in [-0.2, -0.15) is 0 Å². The van der Waals surface area contributed by atoms with Gasteiger partial charge in [-0.15, -0.1) is 0 Å². The molecule has 1 aliphatic heterocycles. The predicted octanol–water partition coefficient (Wildman–Crippen LogP) is 1.92. The molecule has 1 fully saturated rings. The lowest BCUT2D eigenvalue weighted by Crippen LogP contribution is -2.28. The van der Waals surface area contributed by atoms with Crippen LogP contribution in [0.5, 0.6) is 0 Å². The summed E-state index contributed by atoms with van der Waals surface area (Å²) in [6.07, 6.45) is 2.56. The minimum Gasteiger partial charge on any atom is -0.466 e. The molecule has 0 bridgehead atoms. The van der Waals surface area contributed by atoms with Crippen molar-refractivity contribution in [1.82, 2.24) is 0 Å². The van der Waals surface area contributed by atoms with E-state index < -0.39 is 0 Å². The van der Waals surface area contributed by atoms with Gasteiger partial charge in [0.2, 0.25) is 0 Å². The van der Waals surface area contributed by atoms with Crippen LogP contribution >= 0.6 is 22.6 Å². The van der Waals surface area contributed by atoms with Crippen molar-refractivity contribution in [1.29, 1.82) is 0 Å². The zero-order valence-electron chi connectivity index (χ0n) is 7.79. The molecule has 0 aromatic heterocycles. The summed E-state index contributed by atoms with van der Waals surface area (Å²) in [4.78, 5) is 11.1. The van der Waals surface area contributed by atoms with Crippen LogP contribution < -0.4 is 0 Å². The number of hydrogen-bond donors (Lipinski definition) is 0. The lowest BCUT2D eigenvalue weighted by molar-refractivity contribution is -0.147. The molecule has 13 heavy (non-hydrogen) atoms. The Morgan fingerprint density at radius 3 is 3.08 bits per heavy atom. The van der Waals surface area contributed by atoms with Crippen LogP contribution in [0.4, 0.5) is 0 Å². The summed E-state index contributed by atoms with van der Waals surface area (Å²) in [7, 11) is 0. The van der Waals surface area contributed by atoms with E-state index in [-0.39, 0.29) is 12.1 Å². The lowest BCUT2D eigenvalue weighted by atomic mass is 10.1. The van der Waals surface area contributed by atoms with Crippen LogP contribution in [0, 0.1) is 0 Å². The van der Waals surface area contributed by atoms with Crippen LogP contribution in [0.25, 0.3) is 0 Å². The Balaban J connectivity index is 2.23. The molecule has 76 valence electrons. The summed E-state index contributed by atoms with van der Waals surface area (Å²) in [6.45, 7) is 3.05. The van der Waals surface area contributed by atoms with Gasteiger partial charge in [-0.1, -0.05) is 22.6 Å². The molecule has 1 rings (SSSR count). The molecule has 4 heteroatoms. The molecule has 0 aromatic carbocycles. The summed E-state index contributed by atoms with van der Waals surface area (Å²) in [5.41, 5.74) is 0. The Kier molecular flexibility index (Phi) is 5.01. The highest BCUT2D eigenvalue weighted by Gasteiger charge is 2.23. The predicted molar refractivity (Wildman–Crippen MR) is 58.0 cm³/mol. The first-order chi connectivity index (χ1) is 6.22. The van der Waals surface area contributed by atoms with Gasteiger partial charge in [-0.3, -0.25) is 4.79 Å². The molecule has 1 aliphatic rings. The van der Waals surface area contributed by atoms with Crippen molar-refractivity contribution < 1.29 is 14.3 Å². The van der Waals surface area contributed by atoms with Gasteiger partial charge in [0.05, 0.1) is 19.1 Å². The molecule has 1 saturated heterocycles. The third-order valence-electron chi connectivity index (χ3n) is 2.00. The Bertz CT molecular complexity index is 172. The second-order valence-electron chi connectivity index (χ2n) is 3.12. The van der Waals surface area contributed by atoms with Gasteiger partial charge < -0.3 is 9.47 Å². The Hall–Kier alpha value is 0.160. The zero-order valence-corrected chi connectivity index (χ0v) is 9.95. The number of halogens is 1. The van der Waals surface area contributed by atoms with Gasteiger partial charge in [0.25, 0.3) is 0 Å². The first kappa shape index (κ1) is 11.2. The maximum atomic E-state index is 11.1. The van der Waals surface area contributed by atoms with Gasteiger partial charge in [-0.05, 0) is 19.8 Å². The highest BCUT2D eigenvalue weighted by Crippen LogP contribution is 2.22. The highest BCUT2D eigenvalue weighted by molar-refractivity contribution is 14.1. The van der Waals surface area contributed by atoms with E-state index in [4.69, 9.17) is 9.47 Å². The molecule has 1 unspecified atom stereocenters. The van der Waals surface area contributed by atoms with E-state index in [1.54, 1.807) is 0 Å². The van der Waals surface area contributed by atoms with Crippen molar-refractivity contribution in [2.24, 2.45) is 0 Å². The quantitative estimate of drug-likeness (QED) is 0.454. The third kappa shape index (κ3) is 4.26. The Labute approximate surface area is 92.3 Å². The molecule has 3 nitrogen and oxygen atoms in total. The number of alkyl halides is 1. The Morgan fingerprint density at radius 1 is 1.69 bits per heavy atom. The summed E-state index contributed by atoms with van der Waals surface area (Å²) in [6, 6.07) is 0. The Morgan fingerprint density at radius 2 is 2.46 bits per heavy atom. The summed E-state index contributed by atoms with van der Waals surface area (Å²) in [5, 5.41) is 0. The highest BCUT2D eigenvalue weighted by atomic mass is 127. The van der Waals surface area contributed by atoms with Crippen LogP contribution in [-0.2, 0) is 14.3 Å². The smallest absolute Gasteiger partial charge is 0.308 e. The van der Waals surface area contributed by atoms with E-state index in [1.165, 1.54) is 0 Å². The van der Waals surface area contributed by atoms with Gasteiger partial charge in [0.15, 0.2) is 0 Å². The largest absolute Gasteiger partial charge is 0.466 e. The van der Waals surface area contributed by atoms with Crippen molar-refractivity contribution in [2.75, 3.05) is 13.2 Å². The monoisotopic (exact) mass is 298 g/mol. The fraction of sp³-hybridized carbons (Fsp3) is 0.889. The van der Waals surface area contributed by atoms with Crippen LogP contribution in [0.3, 0.4) is 0 Å². The van der Waals surface area contributed by atoms with Crippen molar-refractivity contribution in [3.8, 4) is 0 Å². The maximum absolute atomic E-state index is 11.1. The number of hydrogen-bond acceptors (Lipinski definition) is 3. The van der Waals surface area contributed by atoms with Gasteiger partial charge >= 0.3 is 5.97 Å². The molecular formula is C9H15IO3. The number of rotatable bonds is 3. The van der Waals surface area contributed by atoms with E-state index >= 15 is 0 Å². The maximum Gasteiger partial charge on any atom is 0.308 e. The lowest BCUT2D eigenvalue weighted by Gasteiger charge is -2.25. The third-order valence-corrected chi connectivity index (χ3v) is 3.13. The average molecular weight is 298 g/mol. The van der Waals surface area contributed by atoms with E-state index in [2.05, 4.69) is 22.6 Å². The molecule has 0 saturated carbocycles. The van der Waals surface area contributed by atoms with Gasteiger partial charge in [0.1, 0.15) is 0 Å². The molecule has 0 amide bonds. The van der Waals surface area contributed by atoms with E-state index in [1.807, 2.05) is 6.92 Å². The standard InChI is InChI=1S/C9H15IO3/c1-2-12-9(11)6-8-5-7(10)3-4-13-8/h7-8H,2-6H2,1H3/t7?,8-/m1/s1. The first-order valence-corrected chi connectivity index (χ1v) is 5.88. The minimum absolute atomic E-state index is 0.0784.